The second kappa shape index (κ2) is 8.18. The number of piperidine rings is 1. The van der Waals surface area contributed by atoms with Crippen molar-refractivity contribution in [1.82, 2.24) is 5.32 Å². The van der Waals surface area contributed by atoms with E-state index >= 15 is 0 Å². The summed E-state index contributed by atoms with van der Waals surface area (Å²) in [6.07, 6.45) is 5.50. The Morgan fingerprint density at radius 1 is 1.19 bits per heavy atom. The maximum atomic E-state index is 12.1. The highest BCUT2D eigenvalue weighted by Crippen LogP contribution is 2.20. The first-order valence-corrected chi connectivity index (χ1v) is 8.33. The zero-order valence-electron chi connectivity index (χ0n) is 13.3. The molecule has 0 bridgehead atoms. The molecule has 1 aromatic carbocycles. The Hall–Kier alpha value is -1.35. The fraction of sp³-hybridized carbons (Fsp3) is 0.611. The van der Waals surface area contributed by atoms with E-state index in [2.05, 4.69) is 36.6 Å². The molecular weight excluding hydrogens is 260 g/mol. The van der Waals surface area contributed by atoms with Crippen LogP contribution in [-0.2, 0) is 11.2 Å². The maximum absolute atomic E-state index is 12.1. The molecule has 1 amide bonds. The van der Waals surface area contributed by atoms with Gasteiger partial charge < -0.3 is 10.6 Å². The lowest BCUT2D eigenvalue weighted by molar-refractivity contribution is -0.120. The van der Waals surface area contributed by atoms with Gasteiger partial charge in [-0.3, -0.25) is 4.79 Å². The van der Waals surface area contributed by atoms with Crippen LogP contribution in [0.25, 0.3) is 0 Å². The van der Waals surface area contributed by atoms with Crippen molar-refractivity contribution in [1.29, 1.82) is 0 Å². The Kier molecular flexibility index (Phi) is 6.24. The summed E-state index contributed by atoms with van der Waals surface area (Å²) in [5, 5.41) is 6.43. The van der Waals surface area contributed by atoms with Crippen LogP contribution in [0.4, 0.5) is 5.69 Å². The number of carbonyl (C=O) groups is 1. The van der Waals surface area contributed by atoms with E-state index in [-0.39, 0.29) is 11.8 Å². The standard InChI is InChI=1S/C18H28N2O/c1-3-16(4-2)18(21)20-17-7-5-14(6-8-17)13-15-9-11-19-12-10-15/h5-8,15-16,19H,3-4,9-13H2,1-2H3,(H,20,21). The SMILES string of the molecule is CCC(CC)C(=O)Nc1ccc(CC2CCNCC2)cc1. The minimum atomic E-state index is 0.124. The highest BCUT2D eigenvalue weighted by Gasteiger charge is 2.15. The van der Waals surface area contributed by atoms with Crippen molar-refractivity contribution in [2.45, 2.75) is 46.0 Å². The van der Waals surface area contributed by atoms with Crippen molar-refractivity contribution in [3.63, 3.8) is 0 Å². The second-order valence-electron chi connectivity index (χ2n) is 6.10. The van der Waals surface area contributed by atoms with Crippen molar-refractivity contribution >= 4 is 11.6 Å². The van der Waals surface area contributed by atoms with E-state index in [0.717, 1.165) is 44.0 Å². The number of anilines is 1. The monoisotopic (exact) mass is 288 g/mol. The lowest BCUT2D eigenvalue weighted by Gasteiger charge is -2.22. The van der Waals surface area contributed by atoms with Gasteiger partial charge in [0, 0.05) is 11.6 Å². The first kappa shape index (κ1) is 16.0. The lowest BCUT2D eigenvalue weighted by Crippen LogP contribution is -2.28. The van der Waals surface area contributed by atoms with E-state index in [9.17, 15) is 4.79 Å². The Labute approximate surface area is 128 Å². The maximum Gasteiger partial charge on any atom is 0.227 e. The predicted molar refractivity (Wildman–Crippen MR) is 88.4 cm³/mol. The number of amides is 1. The quantitative estimate of drug-likeness (QED) is 0.839. The molecule has 0 radical (unpaired) electrons. The van der Waals surface area contributed by atoms with E-state index in [4.69, 9.17) is 0 Å². The van der Waals surface area contributed by atoms with Gasteiger partial charge in [-0.05, 0) is 68.8 Å². The second-order valence-corrected chi connectivity index (χ2v) is 6.10. The van der Waals surface area contributed by atoms with E-state index in [1.54, 1.807) is 0 Å². The van der Waals surface area contributed by atoms with Gasteiger partial charge in [0.15, 0.2) is 0 Å². The predicted octanol–water partition coefficient (Wildman–Crippen LogP) is 3.60. The molecule has 1 aromatic rings. The van der Waals surface area contributed by atoms with Crippen LogP contribution in [-0.4, -0.2) is 19.0 Å². The van der Waals surface area contributed by atoms with Crippen LogP contribution in [0.3, 0.4) is 0 Å². The Morgan fingerprint density at radius 2 is 1.81 bits per heavy atom. The van der Waals surface area contributed by atoms with Crippen LogP contribution in [0.5, 0.6) is 0 Å². The van der Waals surface area contributed by atoms with Gasteiger partial charge in [0.05, 0.1) is 0 Å². The van der Waals surface area contributed by atoms with Gasteiger partial charge in [-0.15, -0.1) is 0 Å². The Balaban J connectivity index is 1.87. The van der Waals surface area contributed by atoms with Gasteiger partial charge >= 0.3 is 0 Å². The van der Waals surface area contributed by atoms with Gasteiger partial charge in [-0.2, -0.15) is 0 Å². The number of hydrogen-bond acceptors (Lipinski definition) is 2. The summed E-state index contributed by atoms with van der Waals surface area (Å²) in [5.41, 5.74) is 2.29. The molecule has 1 heterocycles. The molecule has 0 spiro atoms. The molecule has 0 saturated carbocycles. The average Bonchev–Trinajstić information content (AvgIpc) is 2.51. The molecule has 1 aliphatic heterocycles. The summed E-state index contributed by atoms with van der Waals surface area (Å²) in [6.45, 7) is 6.42. The molecule has 3 heteroatoms. The van der Waals surface area contributed by atoms with E-state index in [1.165, 1.54) is 18.4 Å². The molecule has 0 aromatic heterocycles. The fourth-order valence-corrected chi connectivity index (χ4v) is 3.05. The molecule has 3 nitrogen and oxygen atoms in total. The molecule has 1 saturated heterocycles. The molecule has 0 unspecified atom stereocenters. The summed E-state index contributed by atoms with van der Waals surface area (Å²) in [5.74, 6) is 1.07. The molecule has 1 aliphatic rings. The molecule has 0 aliphatic carbocycles. The van der Waals surface area contributed by atoms with Crippen molar-refractivity contribution in [2.24, 2.45) is 11.8 Å². The van der Waals surface area contributed by atoms with Crippen LogP contribution < -0.4 is 10.6 Å². The number of hydrogen-bond donors (Lipinski definition) is 2. The Bertz CT molecular complexity index is 431. The van der Waals surface area contributed by atoms with Gasteiger partial charge in [-0.1, -0.05) is 26.0 Å². The van der Waals surface area contributed by atoms with Crippen molar-refractivity contribution < 1.29 is 4.79 Å². The first-order chi connectivity index (χ1) is 10.2. The highest BCUT2D eigenvalue weighted by molar-refractivity contribution is 5.92. The highest BCUT2D eigenvalue weighted by atomic mass is 16.1. The molecule has 2 N–H and O–H groups in total. The van der Waals surface area contributed by atoms with Crippen LogP contribution in [0.15, 0.2) is 24.3 Å². The summed E-state index contributed by atoms with van der Waals surface area (Å²) < 4.78 is 0. The van der Waals surface area contributed by atoms with Crippen molar-refractivity contribution in [3.8, 4) is 0 Å². The van der Waals surface area contributed by atoms with Gasteiger partial charge in [0.2, 0.25) is 5.91 Å². The minimum Gasteiger partial charge on any atom is -0.326 e. The summed E-state index contributed by atoms with van der Waals surface area (Å²) >= 11 is 0. The van der Waals surface area contributed by atoms with Crippen LogP contribution in [0.2, 0.25) is 0 Å². The zero-order chi connectivity index (χ0) is 15.1. The molecule has 0 atom stereocenters. The molecular formula is C18H28N2O. The third-order valence-electron chi connectivity index (χ3n) is 4.56. The van der Waals surface area contributed by atoms with Crippen LogP contribution in [0, 0.1) is 11.8 Å². The van der Waals surface area contributed by atoms with Crippen LogP contribution >= 0.6 is 0 Å². The molecule has 1 fully saturated rings. The third-order valence-corrected chi connectivity index (χ3v) is 4.56. The largest absolute Gasteiger partial charge is 0.326 e. The van der Waals surface area contributed by atoms with Gasteiger partial charge in [0.1, 0.15) is 0 Å². The third kappa shape index (κ3) is 4.85. The van der Waals surface area contributed by atoms with E-state index in [1.807, 2.05) is 12.1 Å². The lowest BCUT2D eigenvalue weighted by atomic mass is 9.91. The average molecular weight is 288 g/mol. The fourth-order valence-electron chi connectivity index (χ4n) is 3.05. The number of benzene rings is 1. The molecule has 21 heavy (non-hydrogen) atoms. The molecule has 116 valence electrons. The smallest absolute Gasteiger partial charge is 0.227 e. The van der Waals surface area contributed by atoms with Crippen molar-refractivity contribution in [3.05, 3.63) is 29.8 Å². The topological polar surface area (TPSA) is 41.1 Å². The summed E-state index contributed by atoms with van der Waals surface area (Å²) in [7, 11) is 0. The summed E-state index contributed by atoms with van der Waals surface area (Å²) in [4.78, 5) is 12.1. The van der Waals surface area contributed by atoms with Crippen molar-refractivity contribution in [2.75, 3.05) is 18.4 Å². The Morgan fingerprint density at radius 3 is 2.38 bits per heavy atom. The number of rotatable bonds is 6. The minimum absolute atomic E-state index is 0.124. The van der Waals surface area contributed by atoms with Crippen LogP contribution in [0.1, 0.15) is 45.1 Å². The normalized spacial score (nSPS) is 16.1. The number of carbonyl (C=O) groups excluding carboxylic acids is 1. The zero-order valence-corrected chi connectivity index (χ0v) is 13.3. The van der Waals surface area contributed by atoms with E-state index < -0.39 is 0 Å². The van der Waals surface area contributed by atoms with E-state index in [0.29, 0.717) is 0 Å². The van der Waals surface area contributed by atoms with Gasteiger partial charge in [-0.25, -0.2) is 0 Å². The first-order valence-electron chi connectivity index (χ1n) is 8.33. The number of nitrogens with one attached hydrogen (secondary N) is 2. The molecule has 2 rings (SSSR count). The summed E-state index contributed by atoms with van der Waals surface area (Å²) in [6, 6.07) is 8.39. The van der Waals surface area contributed by atoms with Gasteiger partial charge in [0.25, 0.3) is 0 Å².